The summed E-state index contributed by atoms with van der Waals surface area (Å²) in [6.07, 6.45) is 4.29. The van der Waals surface area contributed by atoms with E-state index in [0.29, 0.717) is 0 Å². The zero-order chi connectivity index (χ0) is 12.0. The molecule has 2 N–H and O–H groups in total. The highest BCUT2D eigenvalue weighted by atomic mass is 19.1. The fraction of sp³-hybridized carbons (Fsp3) is 0.583. The van der Waals surface area contributed by atoms with Gasteiger partial charge in [0, 0.05) is 12.2 Å². The first-order valence-corrected chi connectivity index (χ1v) is 5.61. The monoisotopic (exact) mass is 226 g/mol. The van der Waals surface area contributed by atoms with Crippen molar-refractivity contribution in [3.8, 4) is 0 Å². The number of hydrogen-bond acceptors (Lipinski definition) is 3. The molecule has 4 heteroatoms. The largest absolute Gasteiger partial charge is 0.393 e. The van der Waals surface area contributed by atoms with Crippen LogP contribution in [-0.2, 0) is 0 Å². The lowest BCUT2D eigenvalue weighted by molar-refractivity contribution is 0.181. The van der Waals surface area contributed by atoms with Crippen molar-refractivity contribution in [1.82, 2.24) is 10.3 Å². The molecule has 0 saturated carbocycles. The number of aromatic nitrogens is 1. The molecule has 0 bridgehead atoms. The summed E-state index contributed by atoms with van der Waals surface area (Å²) in [4.78, 5) is 3.81. The molecule has 2 atom stereocenters. The Bertz CT molecular complexity index is 318. The van der Waals surface area contributed by atoms with Crippen LogP contribution in [0.25, 0.3) is 0 Å². The quantitative estimate of drug-likeness (QED) is 0.729. The third-order valence-electron chi connectivity index (χ3n) is 2.48. The van der Waals surface area contributed by atoms with Crippen LogP contribution < -0.4 is 5.32 Å². The van der Waals surface area contributed by atoms with Crippen LogP contribution in [0.3, 0.4) is 0 Å². The Labute approximate surface area is 95.7 Å². The highest BCUT2D eigenvalue weighted by Crippen LogP contribution is 2.11. The Morgan fingerprint density at radius 1 is 1.44 bits per heavy atom. The van der Waals surface area contributed by atoms with Crippen LogP contribution in [0.5, 0.6) is 0 Å². The van der Waals surface area contributed by atoms with Crippen LogP contribution in [0.1, 0.15) is 38.3 Å². The summed E-state index contributed by atoms with van der Waals surface area (Å²) >= 11 is 0. The van der Waals surface area contributed by atoms with Crippen molar-refractivity contribution >= 4 is 0 Å². The Balaban J connectivity index is 2.32. The van der Waals surface area contributed by atoms with E-state index in [0.717, 1.165) is 24.9 Å². The van der Waals surface area contributed by atoms with E-state index in [4.69, 9.17) is 5.11 Å². The SMILES string of the molecule is CC(O)CCCNC(C)c1cncc(F)c1. The molecule has 1 heterocycles. The van der Waals surface area contributed by atoms with E-state index in [1.807, 2.05) is 6.92 Å². The molecule has 90 valence electrons. The molecular weight excluding hydrogens is 207 g/mol. The van der Waals surface area contributed by atoms with Gasteiger partial charge in [0.2, 0.25) is 0 Å². The predicted octanol–water partition coefficient (Wildman–Crippen LogP) is 2.03. The highest BCUT2D eigenvalue weighted by Gasteiger charge is 2.05. The van der Waals surface area contributed by atoms with Crippen molar-refractivity contribution in [3.63, 3.8) is 0 Å². The number of aliphatic hydroxyl groups is 1. The summed E-state index contributed by atoms with van der Waals surface area (Å²) < 4.78 is 12.9. The molecule has 0 aromatic carbocycles. The van der Waals surface area contributed by atoms with Crippen molar-refractivity contribution in [1.29, 1.82) is 0 Å². The second-order valence-electron chi connectivity index (χ2n) is 4.10. The number of nitrogens with one attached hydrogen (secondary N) is 1. The highest BCUT2D eigenvalue weighted by molar-refractivity contribution is 5.14. The molecule has 1 aromatic heterocycles. The smallest absolute Gasteiger partial charge is 0.141 e. The van der Waals surface area contributed by atoms with Gasteiger partial charge in [0.25, 0.3) is 0 Å². The number of aliphatic hydroxyl groups excluding tert-OH is 1. The van der Waals surface area contributed by atoms with Crippen molar-refractivity contribution in [2.24, 2.45) is 0 Å². The topological polar surface area (TPSA) is 45.1 Å². The average Bonchev–Trinajstić information content (AvgIpc) is 2.24. The van der Waals surface area contributed by atoms with Crippen molar-refractivity contribution < 1.29 is 9.50 Å². The predicted molar refractivity (Wildman–Crippen MR) is 61.5 cm³/mol. The lowest BCUT2D eigenvalue weighted by Gasteiger charge is -2.14. The molecule has 1 rings (SSSR count). The maximum absolute atomic E-state index is 12.9. The van der Waals surface area contributed by atoms with Gasteiger partial charge in [0.15, 0.2) is 0 Å². The van der Waals surface area contributed by atoms with E-state index in [9.17, 15) is 4.39 Å². The third kappa shape index (κ3) is 4.68. The van der Waals surface area contributed by atoms with Crippen molar-refractivity contribution in [2.75, 3.05) is 6.54 Å². The molecule has 0 radical (unpaired) electrons. The Morgan fingerprint density at radius 2 is 2.19 bits per heavy atom. The van der Waals surface area contributed by atoms with Crippen LogP contribution in [0.15, 0.2) is 18.5 Å². The molecule has 0 aliphatic carbocycles. The molecule has 2 unspecified atom stereocenters. The summed E-state index contributed by atoms with van der Waals surface area (Å²) in [5, 5.41) is 12.3. The lowest BCUT2D eigenvalue weighted by atomic mass is 10.1. The molecule has 0 amide bonds. The normalized spacial score (nSPS) is 14.8. The van der Waals surface area contributed by atoms with Crippen LogP contribution in [0.2, 0.25) is 0 Å². The molecule has 3 nitrogen and oxygen atoms in total. The summed E-state index contributed by atoms with van der Waals surface area (Å²) in [6, 6.07) is 1.57. The van der Waals surface area contributed by atoms with Gasteiger partial charge in [-0.1, -0.05) is 0 Å². The van der Waals surface area contributed by atoms with Gasteiger partial charge >= 0.3 is 0 Å². The number of pyridine rings is 1. The summed E-state index contributed by atoms with van der Waals surface area (Å²) in [5.41, 5.74) is 0.844. The summed E-state index contributed by atoms with van der Waals surface area (Å²) in [7, 11) is 0. The molecular formula is C12H19FN2O. The van der Waals surface area contributed by atoms with Gasteiger partial charge in [0.1, 0.15) is 5.82 Å². The first-order valence-electron chi connectivity index (χ1n) is 5.61. The van der Waals surface area contributed by atoms with Crippen molar-refractivity contribution in [2.45, 2.75) is 38.8 Å². The Kier molecular flexibility index (Phi) is 5.35. The van der Waals surface area contributed by atoms with Crippen LogP contribution >= 0.6 is 0 Å². The minimum Gasteiger partial charge on any atom is -0.393 e. The van der Waals surface area contributed by atoms with Gasteiger partial charge in [-0.25, -0.2) is 4.39 Å². The fourth-order valence-electron chi connectivity index (χ4n) is 1.50. The molecule has 0 spiro atoms. The second-order valence-corrected chi connectivity index (χ2v) is 4.10. The maximum Gasteiger partial charge on any atom is 0.141 e. The van der Waals surface area contributed by atoms with Crippen LogP contribution in [-0.4, -0.2) is 22.7 Å². The zero-order valence-electron chi connectivity index (χ0n) is 9.78. The van der Waals surface area contributed by atoms with Gasteiger partial charge in [0.05, 0.1) is 12.3 Å². The van der Waals surface area contributed by atoms with Gasteiger partial charge in [-0.15, -0.1) is 0 Å². The first-order chi connectivity index (χ1) is 7.59. The van der Waals surface area contributed by atoms with E-state index in [1.54, 1.807) is 13.1 Å². The fourth-order valence-corrected chi connectivity index (χ4v) is 1.50. The van der Waals surface area contributed by atoms with Gasteiger partial charge in [-0.2, -0.15) is 0 Å². The van der Waals surface area contributed by atoms with Crippen LogP contribution in [0, 0.1) is 5.82 Å². The van der Waals surface area contributed by atoms with E-state index in [-0.39, 0.29) is 18.0 Å². The number of hydrogen-bond donors (Lipinski definition) is 2. The van der Waals surface area contributed by atoms with E-state index in [2.05, 4.69) is 10.3 Å². The van der Waals surface area contributed by atoms with Crippen LogP contribution in [0.4, 0.5) is 4.39 Å². The number of halogens is 1. The third-order valence-corrected chi connectivity index (χ3v) is 2.48. The van der Waals surface area contributed by atoms with Gasteiger partial charge in [-0.05, 0) is 44.9 Å². The standard InChI is InChI=1S/C12H19FN2O/c1-9(16)4-3-5-15-10(2)11-6-12(13)8-14-7-11/h6-10,15-16H,3-5H2,1-2H3. The minimum atomic E-state index is -0.310. The molecule has 0 aliphatic rings. The molecule has 0 fully saturated rings. The van der Waals surface area contributed by atoms with Crippen molar-refractivity contribution in [3.05, 3.63) is 29.8 Å². The van der Waals surface area contributed by atoms with E-state index >= 15 is 0 Å². The minimum absolute atomic E-state index is 0.0807. The number of nitrogens with zero attached hydrogens (tertiary/aromatic N) is 1. The Hall–Kier alpha value is -1.00. The average molecular weight is 226 g/mol. The first kappa shape index (κ1) is 13.1. The molecule has 16 heavy (non-hydrogen) atoms. The molecule has 0 aliphatic heterocycles. The molecule has 0 saturated heterocycles. The Morgan fingerprint density at radius 3 is 2.81 bits per heavy atom. The number of rotatable bonds is 6. The summed E-state index contributed by atoms with van der Waals surface area (Å²) in [6.45, 7) is 4.56. The second kappa shape index (κ2) is 6.55. The van der Waals surface area contributed by atoms with E-state index in [1.165, 1.54) is 12.3 Å². The lowest BCUT2D eigenvalue weighted by Crippen LogP contribution is -2.21. The summed E-state index contributed by atoms with van der Waals surface area (Å²) in [5.74, 6) is -0.310. The zero-order valence-corrected chi connectivity index (χ0v) is 9.78. The van der Waals surface area contributed by atoms with Gasteiger partial charge in [-0.3, -0.25) is 4.98 Å². The molecule has 1 aromatic rings. The van der Waals surface area contributed by atoms with E-state index < -0.39 is 0 Å². The maximum atomic E-state index is 12.9. The van der Waals surface area contributed by atoms with Gasteiger partial charge < -0.3 is 10.4 Å².